The summed E-state index contributed by atoms with van der Waals surface area (Å²) in [6.45, 7) is 0. The lowest BCUT2D eigenvalue weighted by Gasteiger charge is -2.09. The van der Waals surface area contributed by atoms with Gasteiger partial charge < -0.3 is 18.6 Å². The topological polar surface area (TPSA) is 57.9 Å². The maximum atomic E-state index is 12.2. The molecule has 0 saturated heterocycles. The molecule has 1 aromatic heterocycles. The van der Waals surface area contributed by atoms with Crippen molar-refractivity contribution < 1.29 is 18.6 Å². The fourth-order valence-electron chi connectivity index (χ4n) is 3.43. The lowest BCUT2D eigenvalue weighted by atomic mass is 10.0. The van der Waals surface area contributed by atoms with E-state index in [9.17, 15) is 4.79 Å². The van der Waals surface area contributed by atoms with Gasteiger partial charge >= 0.3 is 5.63 Å². The molecular weight excluding hydrogens is 368 g/mol. The molecule has 5 heteroatoms. The van der Waals surface area contributed by atoms with Crippen molar-refractivity contribution >= 4 is 33.9 Å². The number of benzene rings is 3. The van der Waals surface area contributed by atoms with Crippen LogP contribution < -0.4 is 19.8 Å². The molecule has 4 aromatic rings. The van der Waals surface area contributed by atoms with Crippen molar-refractivity contribution in [3.8, 4) is 17.2 Å². The monoisotopic (exact) mass is 388 g/mol. The van der Waals surface area contributed by atoms with Crippen LogP contribution in [0.3, 0.4) is 0 Å². The van der Waals surface area contributed by atoms with Crippen molar-refractivity contribution in [2.24, 2.45) is 0 Å². The first-order chi connectivity index (χ1) is 14.1. The summed E-state index contributed by atoms with van der Waals surface area (Å²) >= 11 is 0. The van der Waals surface area contributed by atoms with Crippen molar-refractivity contribution in [3.05, 3.63) is 76.1 Å². The summed E-state index contributed by atoms with van der Waals surface area (Å²) in [5, 5.41) is 2.58. The Balaban J connectivity index is 1.85. The second kappa shape index (κ2) is 7.72. The molecule has 146 valence electrons. The third-order valence-corrected chi connectivity index (χ3v) is 4.84. The highest BCUT2D eigenvalue weighted by atomic mass is 16.5. The summed E-state index contributed by atoms with van der Waals surface area (Å²) in [7, 11) is 4.82. The standard InChI is InChI=1S/C24H20O5/c1-26-20-6-4-5-19-18(20)11-10-17-16(14-23(25)29-24(17)19)9-7-15-8-12-21(27-2)22(13-15)28-3/h4-14H,1-3H3/b9-7+. The lowest BCUT2D eigenvalue weighted by Crippen LogP contribution is -1.98. The number of fused-ring (bicyclic) bond motifs is 3. The second-order valence-electron chi connectivity index (χ2n) is 6.47. The number of ether oxygens (including phenoxy) is 3. The number of hydrogen-bond donors (Lipinski definition) is 0. The predicted octanol–water partition coefficient (Wildman–Crippen LogP) is 5.14. The fourth-order valence-corrected chi connectivity index (χ4v) is 3.43. The van der Waals surface area contributed by atoms with Gasteiger partial charge in [0.05, 0.1) is 21.3 Å². The van der Waals surface area contributed by atoms with Crippen LogP contribution in [0.25, 0.3) is 33.9 Å². The van der Waals surface area contributed by atoms with Crippen LogP contribution in [0.2, 0.25) is 0 Å². The van der Waals surface area contributed by atoms with Gasteiger partial charge in [-0.15, -0.1) is 0 Å². The second-order valence-corrected chi connectivity index (χ2v) is 6.47. The summed E-state index contributed by atoms with van der Waals surface area (Å²) in [4.78, 5) is 12.2. The molecule has 0 aliphatic heterocycles. The SMILES string of the molecule is COc1ccc(/C=C/c2cc(=O)oc3c2ccc2c(OC)cccc23)cc1OC. The third kappa shape index (κ3) is 3.43. The molecule has 0 saturated carbocycles. The van der Waals surface area contributed by atoms with Crippen molar-refractivity contribution in [1.29, 1.82) is 0 Å². The summed E-state index contributed by atoms with van der Waals surface area (Å²) < 4.78 is 21.6. The highest BCUT2D eigenvalue weighted by Crippen LogP contribution is 2.33. The van der Waals surface area contributed by atoms with Crippen LogP contribution in [0, 0.1) is 0 Å². The number of rotatable bonds is 5. The van der Waals surface area contributed by atoms with Crippen molar-refractivity contribution in [2.45, 2.75) is 0 Å². The Morgan fingerprint density at radius 3 is 2.24 bits per heavy atom. The Bertz CT molecular complexity index is 1280. The molecule has 0 radical (unpaired) electrons. The molecule has 1 heterocycles. The predicted molar refractivity (Wildman–Crippen MR) is 115 cm³/mol. The summed E-state index contributed by atoms with van der Waals surface area (Å²) in [6.07, 6.45) is 3.82. The molecular formula is C24H20O5. The first kappa shape index (κ1) is 18.6. The molecule has 0 amide bonds. The third-order valence-electron chi connectivity index (χ3n) is 4.84. The summed E-state index contributed by atoms with van der Waals surface area (Å²) in [5.74, 6) is 2.04. The number of hydrogen-bond acceptors (Lipinski definition) is 5. The highest BCUT2D eigenvalue weighted by Gasteiger charge is 2.10. The van der Waals surface area contributed by atoms with Gasteiger partial charge in [0.25, 0.3) is 0 Å². The molecule has 3 aromatic carbocycles. The molecule has 29 heavy (non-hydrogen) atoms. The van der Waals surface area contributed by atoms with Crippen LogP contribution in [-0.2, 0) is 0 Å². The van der Waals surface area contributed by atoms with Crippen molar-refractivity contribution in [1.82, 2.24) is 0 Å². The Kier molecular flexibility index (Phi) is 4.96. The molecule has 0 spiro atoms. The van der Waals surface area contributed by atoms with Crippen LogP contribution >= 0.6 is 0 Å². The van der Waals surface area contributed by atoms with Crippen LogP contribution in [0.4, 0.5) is 0 Å². The van der Waals surface area contributed by atoms with Gasteiger partial charge in [-0.05, 0) is 41.5 Å². The quantitative estimate of drug-likeness (QED) is 0.350. The van der Waals surface area contributed by atoms with E-state index in [0.717, 1.165) is 33.0 Å². The minimum atomic E-state index is -0.403. The van der Waals surface area contributed by atoms with Crippen LogP contribution in [0.15, 0.2) is 63.8 Å². The molecule has 5 nitrogen and oxygen atoms in total. The molecule has 0 aliphatic carbocycles. The maximum absolute atomic E-state index is 12.2. The minimum absolute atomic E-state index is 0.403. The first-order valence-electron chi connectivity index (χ1n) is 9.08. The summed E-state index contributed by atoms with van der Waals surface area (Å²) in [5.41, 5.74) is 1.84. The Morgan fingerprint density at radius 2 is 1.48 bits per heavy atom. The Labute approximate surface area is 167 Å². The van der Waals surface area contributed by atoms with E-state index in [4.69, 9.17) is 18.6 Å². The molecule has 0 aliphatic rings. The summed E-state index contributed by atoms with van der Waals surface area (Å²) in [6, 6.07) is 16.7. The van der Waals surface area contributed by atoms with E-state index >= 15 is 0 Å². The van der Waals surface area contributed by atoms with E-state index in [1.807, 2.05) is 60.7 Å². The van der Waals surface area contributed by atoms with Gasteiger partial charge in [-0.2, -0.15) is 0 Å². The molecule has 0 N–H and O–H groups in total. The van der Waals surface area contributed by atoms with E-state index in [0.29, 0.717) is 17.1 Å². The Morgan fingerprint density at radius 1 is 0.724 bits per heavy atom. The van der Waals surface area contributed by atoms with Gasteiger partial charge in [-0.1, -0.05) is 30.4 Å². The van der Waals surface area contributed by atoms with Crippen LogP contribution in [-0.4, -0.2) is 21.3 Å². The van der Waals surface area contributed by atoms with E-state index in [1.165, 1.54) is 6.07 Å². The normalized spacial score (nSPS) is 11.3. The van der Waals surface area contributed by atoms with Gasteiger partial charge in [0.1, 0.15) is 11.3 Å². The lowest BCUT2D eigenvalue weighted by molar-refractivity contribution is 0.355. The molecule has 0 bridgehead atoms. The van der Waals surface area contributed by atoms with E-state index in [-0.39, 0.29) is 0 Å². The average molecular weight is 388 g/mol. The van der Waals surface area contributed by atoms with Gasteiger partial charge in [0, 0.05) is 22.2 Å². The van der Waals surface area contributed by atoms with Crippen molar-refractivity contribution in [2.75, 3.05) is 21.3 Å². The first-order valence-corrected chi connectivity index (χ1v) is 9.08. The fraction of sp³-hybridized carbons (Fsp3) is 0.125. The van der Waals surface area contributed by atoms with E-state index < -0.39 is 5.63 Å². The van der Waals surface area contributed by atoms with Gasteiger partial charge in [0.15, 0.2) is 11.5 Å². The largest absolute Gasteiger partial charge is 0.496 e. The smallest absolute Gasteiger partial charge is 0.336 e. The molecule has 0 fully saturated rings. The average Bonchev–Trinajstić information content (AvgIpc) is 2.76. The van der Waals surface area contributed by atoms with Crippen LogP contribution in [0.1, 0.15) is 11.1 Å². The van der Waals surface area contributed by atoms with Gasteiger partial charge in [0.2, 0.25) is 0 Å². The zero-order valence-electron chi connectivity index (χ0n) is 16.4. The minimum Gasteiger partial charge on any atom is -0.496 e. The van der Waals surface area contributed by atoms with Crippen molar-refractivity contribution in [3.63, 3.8) is 0 Å². The maximum Gasteiger partial charge on any atom is 0.336 e. The highest BCUT2D eigenvalue weighted by molar-refractivity contribution is 6.08. The van der Waals surface area contributed by atoms with Crippen LogP contribution in [0.5, 0.6) is 17.2 Å². The van der Waals surface area contributed by atoms with E-state index in [1.54, 1.807) is 21.3 Å². The van der Waals surface area contributed by atoms with E-state index in [2.05, 4.69) is 0 Å². The van der Waals surface area contributed by atoms with Gasteiger partial charge in [-0.25, -0.2) is 4.79 Å². The molecule has 0 atom stereocenters. The zero-order valence-corrected chi connectivity index (χ0v) is 16.4. The van der Waals surface area contributed by atoms with Gasteiger partial charge in [-0.3, -0.25) is 0 Å². The molecule has 4 rings (SSSR count). The number of methoxy groups -OCH3 is 3. The zero-order chi connectivity index (χ0) is 20.4. The Hall–Kier alpha value is -3.73. The molecule has 0 unspecified atom stereocenters.